The van der Waals surface area contributed by atoms with Crippen LogP contribution in [0.3, 0.4) is 0 Å². The van der Waals surface area contributed by atoms with E-state index in [-0.39, 0.29) is 26.9 Å². The van der Waals surface area contributed by atoms with E-state index in [0.29, 0.717) is 11.1 Å². The molecular formula is C19H14N4O5S2. The third kappa shape index (κ3) is 4.16. The minimum Gasteiger partial charge on any atom is -0.507 e. The summed E-state index contributed by atoms with van der Waals surface area (Å²) in [6, 6.07) is 11.9. The molecule has 2 aromatic heterocycles. The maximum absolute atomic E-state index is 12.3. The molecule has 3 N–H and O–H groups in total. The molecule has 0 fully saturated rings. The lowest BCUT2D eigenvalue weighted by atomic mass is 10.1. The summed E-state index contributed by atoms with van der Waals surface area (Å²) < 4.78 is 32.2. The molecule has 30 heavy (non-hydrogen) atoms. The quantitative estimate of drug-likeness (QED) is 0.237. The van der Waals surface area contributed by atoms with E-state index >= 15 is 0 Å². The number of sulfonamides is 1. The molecule has 0 aliphatic carbocycles. The number of phenolic OH excluding ortho intramolecular Hbond substituents is 1. The zero-order valence-corrected chi connectivity index (χ0v) is 16.8. The summed E-state index contributed by atoms with van der Waals surface area (Å²) in [5.41, 5.74) is 3.16. The van der Waals surface area contributed by atoms with Gasteiger partial charge in [0.2, 0.25) is 0 Å². The number of thiazole rings is 1. The summed E-state index contributed by atoms with van der Waals surface area (Å²) in [6.45, 7) is 0. The van der Waals surface area contributed by atoms with Crippen LogP contribution in [0.2, 0.25) is 0 Å². The lowest BCUT2D eigenvalue weighted by Crippen LogP contribution is -2.12. The van der Waals surface area contributed by atoms with Crippen molar-refractivity contribution in [1.82, 2.24) is 4.98 Å². The van der Waals surface area contributed by atoms with Crippen LogP contribution in [0, 0.1) is 0 Å². The molecule has 0 amide bonds. The number of phenols is 1. The molecule has 0 unspecified atom stereocenters. The molecule has 4 rings (SSSR count). The highest BCUT2D eigenvalue weighted by Gasteiger charge is 2.15. The van der Waals surface area contributed by atoms with Crippen molar-refractivity contribution >= 4 is 49.4 Å². The SMILES string of the molecule is O=c1ccc2ccc(O)c(/C=N/Nc3ccc(S(=O)(=O)Nc4nccs4)cc3)c2o1. The topological polar surface area (TPSA) is 134 Å². The first-order valence-electron chi connectivity index (χ1n) is 8.50. The van der Waals surface area contributed by atoms with Crippen LogP contribution < -0.4 is 15.8 Å². The molecule has 0 radical (unpaired) electrons. The summed E-state index contributed by atoms with van der Waals surface area (Å²) in [5, 5.41) is 16.7. The summed E-state index contributed by atoms with van der Waals surface area (Å²) in [4.78, 5) is 15.5. The van der Waals surface area contributed by atoms with Gasteiger partial charge in [-0.05, 0) is 42.5 Å². The summed E-state index contributed by atoms with van der Waals surface area (Å²) >= 11 is 1.18. The van der Waals surface area contributed by atoms with E-state index in [1.165, 1.54) is 60.1 Å². The van der Waals surface area contributed by atoms with E-state index in [0.717, 1.165) is 0 Å². The lowest BCUT2D eigenvalue weighted by molar-refractivity contribution is 0.472. The Balaban J connectivity index is 1.52. The van der Waals surface area contributed by atoms with Gasteiger partial charge in [-0.3, -0.25) is 10.1 Å². The second-order valence-electron chi connectivity index (χ2n) is 6.01. The highest BCUT2D eigenvalue weighted by atomic mass is 32.2. The molecule has 0 bridgehead atoms. The van der Waals surface area contributed by atoms with Gasteiger partial charge >= 0.3 is 5.63 Å². The number of hydrogen-bond acceptors (Lipinski definition) is 9. The Morgan fingerprint density at radius 2 is 1.87 bits per heavy atom. The first kappa shape index (κ1) is 19.6. The van der Waals surface area contributed by atoms with Gasteiger partial charge in [0.15, 0.2) is 10.7 Å². The monoisotopic (exact) mass is 442 g/mol. The molecule has 0 saturated carbocycles. The molecule has 0 aliphatic heterocycles. The fraction of sp³-hybridized carbons (Fsp3) is 0. The number of rotatable bonds is 6. The number of hydrogen-bond donors (Lipinski definition) is 3. The van der Waals surface area contributed by atoms with Crippen molar-refractivity contribution in [2.24, 2.45) is 5.10 Å². The smallest absolute Gasteiger partial charge is 0.336 e. The minimum atomic E-state index is -3.74. The maximum Gasteiger partial charge on any atom is 0.336 e. The molecule has 2 heterocycles. The third-order valence-corrected chi connectivity index (χ3v) is 6.18. The number of fused-ring (bicyclic) bond motifs is 1. The first-order chi connectivity index (χ1) is 14.4. The van der Waals surface area contributed by atoms with Gasteiger partial charge < -0.3 is 9.52 Å². The molecule has 11 heteroatoms. The Morgan fingerprint density at radius 1 is 1.10 bits per heavy atom. The molecule has 0 aliphatic rings. The van der Waals surface area contributed by atoms with Crippen molar-refractivity contribution in [2.75, 3.05) is 10.1 Å². The predicted octanol–water partition coefficient (Wildman–Crippen LogP) is 3.20. The molecular weight excluding hydrogens is 428 g/mol. The van der Waals surface area contributed by atoms with Crippen molar-refractivity contribution in [3.63, 3.8) is 0 Å². The number of hydrazone groups is 1. The average molecular weight is 442 g/mol. The van der Waals surface area contributed by atoms with E-state index in [1.54, 1.807) is 17.5 Å². The van der Waals surface area contributed by atoms with Gasteiger partial charge in [0.05, 0.1) is 22.4 Å². The highest BCUT2D eigenvalue weighted by Crippen LogP contribution is 2.25. The van der Waals surface area contributed by atoms with Gasteiger partial charge in [-0.1, -0.05) is 0 Å². The molecule has 2 aromatic carbocycles. The molecule has 0 spiro atoms. The van der Waals surface area contributed by atoms with Gasteiger partial charge in [-0.15, -0.1) is 11.3 Å². The van der Waals surface area contributed by atoms with E-state index in [9.17, 15) is 18.3 Å². The van der Waals surface area contributed by atoms with Crippen LogP contribution in [0.15, 0.2) is 79.3 Å². The second-order valence-corrected chi connectivity index (χ2v) is 8.59. The van der Waals surface area contributed by atoms with Crippen molar-refractivity contribution in [1.29, 1.82) is 0 Å². The van der Waals surface area contributed by atoms with Crippen LogP contribution in [-0.2, 0) is 10.0 Å². The van der Waals surface area contributed by atoms with Crippen molar-refractivity contribution in [3.8, 4) is 5.75 Å². The fourth-order valence-electron chi connectivity index (χ4n) is 2.60. The van der Waals surface area contributed by atoms with Gasteiger partial charge in [0.1, 0.15) is 5.75 Å². The molecule has 152 valence electrons. The van der Waals surface area contributed by atoms with E-state index in [2.05, 4.69) is 20.2 Å². The minimum absolute atomic E-state index is 0.0701. The van der Waals surface area contributed by atoms with Crippen LogP contribution in [0.4, 0.5) is 10.8 Å². The van der Waals surface area contributed by atoms with Crippen LogP contribution in [0.5, 0.6) is 5.75 Å². The van der Waals surface area contributed by atoms with Crippen molar-refractivity contribution < 1.29 is 17.9 Å². The van der Waals surface area contributed by atoms with Crippen LogP contribution >= 0.6 is 11.3 Å². The first-order valence-corrected chi connectivity index (χ1v) is 10.9. The fourth-order valence-corrected chi connectivity index (χ4v) is 4.38. The standard InChI is InChI=1S/C19H14N4O5S2/c24-16-7-1-12-2-8-17(25)28-18(12)15(16)11-21-22-13-3-5-14(6-4-13)30(26,27)23-19-20-9-10-29-19/h1-11,22,24H,(H,20,23)/b21-11+. The summed E-state index contributed by atoms with van der Waals surface area (Å²) in [5.74, 6) is -0.0999. The Kier molecular flexibility index (Phi) is 5.21. The largest absolute Gasteiger partial charge is 0.507 e. The van der Waals surface area contributed by atoms with Crippen LogP contribution in [0.1, 0.15) is 5.56 Å². The van der Waals surface area contributed by atoms with Crippen molar-refractivity contribution in [3.05, 3.63) is 76.1 Å². The van der Waals surface area contributed by atoms with Gasteiger partial charge in [0, 0.05) is 23.0 Å². The number of benzene rings is 2. The zero-order valence-electron chi connectivity index (χ0n) is 15.1. The number of aromatic hydroxyl groups is 1. The number of nitrogens with one attached hydrogen (secondary N) is 2. The van der Waals surface area contributed by atoms with E-state index < -0.39 is 15.6 Å². The average Bonchev–Trinajstić information content (AvgIpc) is 3.22. The maximum atomic E-state index is 12.3. The third-order valence-electron chi connectivity index (χ3n) is 4.01. The summed E-state index contributed by atoms with van der Waals surface area (Å²) in [7, 11) is -3.74. The normalized spacial score (nSPS) is 11.7. The Labute approximate surface area is 174 Å². The Morgan fingerprint density at radius 3 is 2.60 bits per heavy atom. The van der Waals surface area contributed by atoms with Gasteiger partial charge in [-0.2, -0.15) is 5.10 Å². The van der Waals surface area contributed by atoms with Crippen molar-refractivity contribution in [2.45, 2.75) is 4.90 Å². The summed E-state index contributed by atoms with van der Waals surface area (Å²) in [6.07, 6.45) is 2.82. The predicted molar refractivity (Wildman–Crippen MR) is 115 cm³/mol. The number of nitrogens with zero attached hydrogens (tertiary/aromatic N) is 2. The zero-order chi connectivity index (χ0) is 21.1. The highest BCUT2D eigenvalue weighted by molar-refractivity contribution is 7.93. The Bertz CT molecular complexity index is 1380. The molecule has 9 nitrogen and oxygen atoms in total. The molecule has 4 aromatic rings. The van der Waals surface area contributed by atoms with E-state index in [4.69, 9.17) is 4.42 Å². The van der Waals surface area contributed by atoms with Crippen LogP contribution in [-0.4, -0.2) is 24.7 Å². The molecule has 0 saturated heterocycles. The van der Waals surface area contributed by atoms with Gasteiger partial charge in [-0.25, -0.2) is 18.2 Å². The molecule has 0 atom stereocenters. The van der Waals surface area contributed by atoms with Crippen LogP contribution in [0.25, 0.3) is 11.0 Å². The lowest BCUT2D eigenvalue weighted by Gasteiger charge is -2.06. The second kappa shape index (κ2) is 7.97. The number of anilines is 2. The Hall–Kier alpha value is -3.70. The number of aromatic nitrogens is 1. The van der Waals surface area contributed by atoms with Gasteiger partial charge in [0.25, 0.3) is 10.0 Å². The van der Waals surface area contributed by atoms with E-state index in [1.807, 2.05) is 0 Å².